The normalized spacial score (nSPS) is 15.5. The van der Waals surface area contributed by atoms with Gasteiger partial charge in [-0.1, -0.05) is 36.4 Å². The predicted molar refractivity (Wildman–Crippen MR) is 112 cm³/mol. The Morgan fingerprint density at radius 1 is 1.20 bits per heavy atom. The number of nitriles is 1. The Morgan fingerprint density at radius 3 is 2.70 bits per heavy atom. The highest BCUT2D eigenvalue weighted by atomic mass is 16.5. The van der Waals surface area contributed by atoms with E-state index < -0.39 is 12.6 Å². The van der Waals surface area contributed by atoms with Crippen molar-refractivity contribution in [2.45, 2.75) is 32.2 Å². The van der Waals surface area contributed by atoms with Gasteiger partial charge in [0.1, 0.15) is 17.4 Å². The summed E-state index contributed by atoms with van der Waals surface area (Å²) in [7, 11) is 0. The Hall–Kier alpha value is -3.59. The van der Waals surface area contributed by atoms with Crippen molar-refractivity contribution in [3.8, 4) is 11.8 Å². The van der Waals surface area contributed by atoms with Gasteiger partial charge in [0.05, 0.1) is 12.6 Å². The molecule has 3 rings (SSSR count). The van der Waals surface area contributed by atoms with E-state index in [1.54, 1.807) is 24.3 Å². The second-order valence-corrected chi connectivity index (χ2v) is 6.96. The fourth-order valence-corrected chi connectivity index (χ4v) is 3.48. The van der Waals surface area contributed by atoms with Crippen molar-refractivity contribution < 1.29 is 19.1 Å². The molecule has 1 aliphatic carbocycles. The van der Waals surface area contributed by atoms with Gasteiger partial charge in [-0.3, -0.25) is 4.79 Å². The Morgan fingerprint density at radius 2 is 1.97 bits per heavy atom. The summed E-state index contributed by atoms with van der Waals surface area (Å²) in [6, 6.07) is 16.8. The largest absolute Gasteiger partial charge is 0.494 e. The summed E-state index contributed by atoms with van der Waals surface area (Å²) in [4.78, 5) is 24.5. The maximum atomic E-state index is 12.3. The van der Waals surface area contributed by atoms with Crippen LogP contribution in [0.5, 0.6) is 5.75 Å². The number of esters is 1. The minimum Gasteiger partial charge on any atom is -0.494 e. The van der Waals surface area contributed by atoms with Gasteiger partial charge in [-0.25, -0.2) is 4.79 Å². The second-order valence-electron chi connectivity index (χ2n) is 6.96. The highest BCUT2D eigenvalue weighted by Crippen LogP contribution is 2.29. The molecule has 1 amide bonds. The first-order valence-corrected chi connectivity index (χ1v) is 9.99. The molecule has 2 aromatic rings. The molecule has 6 heteroatoms. The number of nitrogens with zero attached hydrogens (tertiary/aromatic N) is 1. The number of carbonyl (C=O) groups is 2. The lowest BCUT2D eigenvalue weighted by Gasteiger charge is -2.26. The van der Waals surface area contributed by atoms with Gasteiger partial charge in [0.15, 0.2) is 6.61 Å². The zero-order chi connectivity index (χ0) is 21.3. The van der Waals surface area contributed by atoms with Crippen LogP contribution in [-0.4, -0.2) is 25.1 Å². The van der Waals surface area contributed by atoms with Gasteiger partial charge in [-0.05, 0) is 61.1 Å². The number of benzene rings is 2. The molecule has 0 fully saturated rings. The molecule has 1 atom stereocenters. The number of rotatable bonds is 7. The first kappa shape index (κ1) is 21.1. The molecule has 0 saturated carbocycles. The summed E-state index contributed by atoms with van der Waals surface area (Å²) < 4.78 is 10.4. The number of amides is 1. The maximum absolute atomic E-state index is 12.3. The summed E-state index contributed by atoms with van der Waals surface area (Å²) in [6.45, 7) is 2.01. The highest BCUT2D eigenvalue weighted by molar-refractivity contribution is 5.98. The van der Waals surface area contributed by atoms with Gasteiger partial charge in [-0.2, -0.15) is 5.26 Å². The fourth-order valence-electron chi connectivity index (χ4n) is 3.48. The topological polar surface area (TPSA) is 88.4 Å². The van der Waals surface area contributed by atoms with Crippen LogP contribution >= 0.6 is 0 Å². The summed E-state index contributed by atoms with van der Waals surface area (Å²) in [5.41, 5.74) is 2.83. The van der Waals surface area contributed by atoms with E-state index in [1.165, 1.54) is 11.6 Å². The molecule has 0 unspecified atom stereocenters. The van der Waals surface area contributed by atoms with Crippen LogP contribution in [0.1, 0.15) is 42.5 Å². The second kappa shape index (κ2) is 10.3. The zero-order valence-corrected chi connectivity index (χ0v) is 16.9. The van der Waals surface area contributed by atoms with E-state index in [1.807, 2.05) is 31.2 Å². The maximum Gasteiger partial charge on any atom is 0.349 e. The lowest BCUT2D eigenvalue weighted by molar-refractivity contribution is -0.144. The molecular weight excluding hydrogens is 380 g/mol. The highest BCUT2D eigenvalue weighted by Gasteiger charge is 2.22. The zero-order valence-electron chi connectivity index (χ0n) is 16.9. The number of hydrogen-bond acceptors (Lipinski definition) is 5. The first-order chi connectivity index (χ1) is 14.6. The summed E-state index contributed by atoms with van der Waals surface area (Å²) in [5, 5.41) is 12.2. The minimum atomic E-state index is -0.828. The van der Waals surface area contributed by atoms with E-state index in [0.29, 0.717) is 17.9 Å². The van der Waals surface area contributed by atoms with Gasteiger partial charge < -0.3 is 14.8 Å². The van der Waals surface area contributed by atoms with E-state index >= 15 is 0 Å². The number of ether oxygens (including phenoxy) is 2. The van der Waals surface area contributed by atoms with Crippen molar-refractivity contribution in [3.63, 3.8) is 0 Å². The van der Waals surface area contributed by atoms with Crippen molar-refractivity contribution in [2.75, 3.05) is 13.2 Å². The molecule has 0 aromatic heterocycles. The predicted octanol–water partition coefficient (Wildman–Crippen LogP) is 3.73. The van der Waals surface area contributed by atoms with Gasteiger partial charge in [0, 0.05) is 0 Å². The third kappa shape index (κ3) is 5.48. The molecule has 2 aromatic carbocycles. The number of nitrogens with one attached hydrogen (secondary N) is 1. The summed E-state index contributed by atoms with van der Waals surface area (Å²) in [5.74, 6) is -0.509. The van der Waals surface area contributed by atoms with Gasteiger partial charge in [0.2, 0.25) is 0 Å². The Balaban J connectivity index is 1.56. The van der Waals surface area contributed by atoms with Gasteiger partial charge in [-0.15, -0.1) is 0 Å². The quantitative estimate of drug-likeness (QED) is 0.432. The molecule has 0 heterocycles. The molecule has 0 spiro atoms. The van der Waals surface area contributed by atoms with Crippen LogP contribution in [-0.2, 0) is 20.7 Å². The van der Waals surface area contributed by atoms with Crippen LogP contribution < -0.4 is 10.1 Å². The number of hydrogen-bond donors (Lipinski definition) is 1. The number of fused-ring (bicyclic) bond motifs is 1. The monoisotopic (exact) mass is 404 g/mol. The molecule has 0 saturated heterocycles. The average molecular weight is 404 g/mol. The van der Waals surface area contributed by atoms with Crippen LogP contribution in [0.15, 0.2) is 54.1 Å². The smallest absolute Gasteiger partial charge is 0.349 e. The first-order valence-electron chi connectivity index (χ1n) is 9.99. The lowest BCUT2D eigenvalue weighted by Crippen LogP contribution is -2.34. The molecule has 1 aliphatic rings. The lowest BCUT2D eigenvalue weighted by atomic mass is 9.88. The molecule has 0 radical (unpaired) electrons. The molecule has 6 nitrogen and oxygen atoms in total. The van der Waals surface area contributed by atoms with Crippen LogP contribution in [0.3, 0.4) is 0 Å². The van der Waals surface area contributed by atoms with Crippen LogP contribution in [0, 0.1) is 11.3 Å². The Kier molecular flexibility index (Phi) is 7.23. The van der Waals surface area contributed by atoms with Crippen LogP contribution in [0.25, 0.3) is 6.08 Å². The van der Waals surface area contributed by atoms with Crippen LogP contribution in [0.4, 0.5) is 0 Å². The Labute approximate surface area is 176 Å². The SMILES string of the molecule is CCOc1ccc(/C=C(\C#N)C(=O)OCC(=O)N[C@@H]2CCCc3ccccc32)cc1. The van der Waals surface area contributed by atoms with E-state index in [2.05, 4.69) is 11.4 Å². The van der Waals surface area contributed by atoms with Gasteiger partial charge >= 0.3 is 5.97 Å². The Bertz CT molecular complexity index is 973. The number of aryl methyl sites for hydroxylation is 1. The van der Waals surface area contributed by atoms with Gasteiger partial charge in [0.25, 0.3) is 5.91 Å². The van der Waals surface area contributed by atoms with Crippen molar-refractivity contribution in [2.24, 2.45) is 0 Å². The van der Waals surface area contributed by atoms with Crippen molar-refractivity contribution in [3.05, 3.63) is 70.8 Å². The van der Waals surface area contributed by atoms with Crippen molar-refractivity contribution in [1.82, 2.24) is 5.32 Å². The van der Waals surface area contributed by atoms with E-state index in [-0.39, 0.29) is 17.5 Å². The van der Waals surface area contributed by atoms with Crippen molar-refractivity contribution >= 4 is 18.0 Å². The average Bonchev–Trinajstić information content (AvgIpc) is 2.77. The van der Waals surface area contributed by atoms with Crippen molar-refractivity contribution in [1.29, 1.82) is 5.26 Å². The fraction of sp³-hybridized carbons (Fsp3) is 0.292. The molecule has 0 bridgehead atoms. The molecule has 0 aliphatic heterocycles. The minimum absolute atomic E-state index is 0.0871. The van der Waals surface area contributed by atoms with Crippen LogP contribution in [0.2, 0.25) is 0 Å². The molecule has 1 N–H and O–H groups in total. The molecule has 154 valence electrons. The third-order valence-corrected chi connectivity index (χ3v) is 4.88. The van der Waals surface area contributed by atoms with E-state index in [4.69, 9.17) is 9.47 Å². The van der Waals surface area contributed by atoms with E-state index in [0.717, 1.165) is 24.8 Å². The van der Waals surface area contributed by atoms with E-state index in [9.17, 15) is 14.9 Å². The summed E-state index contributed by atoms with van der Waals surface area (Å²) >= 11 is 0. The molecular formula is C24H24N2O4. The summed E-state index contributed by atoms with van der Waals surface area (Å²) in [6.07, 6.45) is 4.26. The molecule has 30 heavy (non-hydrogen) atoms. The number of carbonyl (C=O) groups excluding carboxylic acids is 2. The standard InChI is InChI=1S/C24H24N2O4/c1-2-29-20-12-10-17(11-13-20)14-19(15-25)24(28)30-16-23(27)26-22-9-5-7-18-6-3-4-8-21(18)22/h3-4,6,8,10-14,22H,2,5,7,9,16H2,1H3,(H,26,27)/b19-14+/t22-/m1/s1. The third-order valence-electron chi connectivity index (χ3n) is 4.88.